The average Bonchev–Trinajstić information content (AvgIpc) is 2.53. The number of ether oxygens (including phenoxy) is 1. The van der Waals surface area contributed by atoms with Crippen molar-refractivity contribution in [2.24, 2.45) is 5.92 Å². The molecule has 0 saturated carbocycles. The third-order valence-corrected chi connectivity index (χ3v) is 3.81. The van der Waals surface area contributed by atoms with E-state index in [4.69, 9.17) is 9.84 Å². The Morgan fingerprint density at radius 1 is 1.36 bits per heavy atom. The summed E-state index contributed by atoms with van der Waals surface area (Å²) in [7, 11) is 1.68. The summed E-state index contributed by atoms with van der Waals surface area (Å²) in [6, 6.07) is 6.44. The molecule has 1 aliphatic rings. The number of likely N-dealkylation sites (tertiary alicyclic amines) is 1. The van der Waals surface area contributed by atoms with Crippen molar-refractivity contribution in [3.05, 3.63) is 41.5 Å². The first-order valence-corrected chi connectivity index (χ1v) is 7.39. The van der Waals surface area contributed by atoms with E-state index in [1.165, 1.54) is 12.1 Å². The van der Waals surface area contributed by atoms with Crippen LogP contribution in [0.1, 0.15) is 28.8 Å². The number of rotatable bonds is 5. The molecule has 0 radical (unpaired) electrons. The smallest absolute Gasteiger partial charge is 0.335 e. The second-order valence-corrected chi connectivity index (χ2v) is 5.51. The van der Waals surface area contributed by atoms with Crippen molar-refractivity contribution in [3.8, 4) is 0 Å². The molecule has 1 aromatic rings. The first-order valence-electron chi connectivity index (χ1n) is 7.39. The Morgan fingerprint density at radius 2 is 2.09 bits per heavy atom. The van der Waals surface area contributed by atoms with Crippen LogP contribution in [-0.4, -0.2) is 48.7 Å². The Labute approximate surface area is 130 Å². The number of carbonyl (C=O) groups excluding carboxylic acids is 1. The van der Waals surface area contributed by atoms with Crippen LogP contribution < -0.4 is 0 Å². The zero-order valence-corrected chi connectivity index (χ0v) is 12.7. The standard InChI is InChI=1S/C17H21NO4/c1-22-12-14-3-2-10-18(11-14)16(19)9-6-13-4-7-15(8-5-13)17(20)21/h4-9,14H,2-3,10-12H2,1H3,(H,20,21)/b9-6+. The summed E-state index contributed by atoms with van der Waals surface area (Å²) in [5.74, 6) is -0.557. The molecule has 118 valence electrons. The van der Waals surface area contributed by atoms with E-state index in [1.54, 1.807) is 31.4 Å². The van der Waals surface area contributed by atoms with Crippen LogP contribution >= 0.6 is 0 Å². The Bertz CT molecular complexity index is 548. The Kier molecular flexibility index (Phi) is 5.72. The van der Waals surface area contributed by atoms with Gasteiger partial charge in [0, 0.05) is 26.3 Å². The molecule has 1 heterocycles. The predicted octanol–water partition coefficient (Wildman–Crippen LogP) is 2.28. The number of nitrogens with zero attached hydrogens (tertiary/aromatic N) is 1. The summed E-state index contributed by atoms with van der Waals surface area (Å²) in [5.41, 5.74) is 1.05. The highest BCUT2D eigenvalue weighted by Gasteiger charge is 2.22. The average molecular weight is 303 g/mol. The number of aromatic carboxylic acids is 1. The second kappa shape index (κ2) is 7.75. The van der Waals surface area contributed by atoms with E-state index in [9.17, 15) is 9.59 Å². The molecule has 1 aliphatic heterocycles. The number of hydrogen-bond donors (Lipinski definition) is 1. The van der Waals surface area contributed by atoms with Gasteiger partial charge in [-0.15, -0.1) is 0 Å². The number of carbonyl (C=O) groups is 2. The minimum atomic E-state index is -0.955. The molecule has 1 amide bonds. The van der Waals surface area contributed by atoms with Crippen molar-refractivity contribution in [1.82, 2.24) is 4.90 Å². The number of piperidine rings is 1. The molecule has 0 spiro atoms. The molecule has 5 heteroatoms. The number of hydrogen-bond acceptors (Lipinski definition) is 3. The van der Waals surface area contributed by atoms with Gasteiger partial charge in [-0.05, 0) is 42.5 Å². The highest BCUT2D eigenvalue weighted by molar-refractivity contribution is 5.92. The summed E-state index contributed by atoms with van der Waals surface area (Å²) >= 11 is 0. The van der Waals surface area contributed by atoms with Crippen LogP contribution in [0.15, 0.2) is 30.3 Å². The summed E-state index contributed by atoms with van der Waals surface area (Å²) in [4.78, 5) is 24.8. The molecule has 0 bridgehead atoms. The van der Waals surface area contributed by atoms with Crippen molar-refractivity contribution in [2.75, 3.05) is 26.8 Å². The molecule has 0 aliphatic carbocycles. The number of amides is 1. The SMILES string of the molecule is COCC1CCCN(C(=O)/C=C/c2ccc(C(=O)O)cc2)C1. The number of methoxy groups -OCH3 is 1. The Hall–Kier alpha value is -2.14. The molecule has 1 unspecified atom stereocenters. The number of benzene rings is 1. The van der Waals surface area contributed by atoms with E-state index in [1.807, 2.05) is 4.90 Å². The van der Waals surface area contributed by atoms with E-state index in [0.717, 1.165) is 31.5 Å². The van der Waals surface area contributed by atoms with Crippen LogP contribution in [0, 0.1) is 5.92 Å². The molecule has 1 atom stereocenters. The van der Waals surface area contributed by atoms with Gasteiger partial charge in [0.1, 0.15) is 0 Å². The normalized spacial score (nSPS) is 18.6. The molecule has 0 aromatic heterocycles. The van der Waals surface area contributed by atoms with Gasteiger partial charge in [0.2, 0.25) is 5.91 Å². The zero-order valence-electron chi connectivity index (χ0n) is 12.7. The molecule has 2 rings (SSSR count). The summed E-state index contributed by atoms with van der Waals surface area (Å²) in [6.45, 7) is 2.19. The van der Waals surface area contributed by atoms with Crippen LogP contribution in [0.3, 0.4) is 0 Å². The van der Waals surface area contributed by atoms with E-state index < -0.39 is 5.97 Å². The maximum atomic E-state index is 12.2. The third kappa shape index (κ3) is 4.43. The van der Waals surface area contributed by atoms with Crippen LogP contribution in [0.2, 0.25) is 0 Å². The fourth-order valence-electron chi connectivity index (χ4n) is 2.65. The van der Waals surface area contributed by atoms with Crippen molar-refractivity contribution >= 4 is 18.0 Å². The Morgan fingerprint density at radius 3 is 2.73 bits per heavy atom. The van der Waals surface area contributed by atoms with Gasteiger partial charge in [0.15, 0.2) is 0 Å². The summed E-state index contributed by atoms with van der Waals surface area (Å²) in [5, 5.41) is 8.84. The van der Waals surface area contributed by atoms with Crippen molar-refractivity contribution < 1.29 is 19.4 Å². The molecule has 1 N–H and O–H groups in total. The lowest BCUT2D eigenvalue weighted by molar-refractivity contribution is -0.128. The lowest BCUT2D eigenvalue weighted by atomic mass is 9.99. The quantitative estimate of drug-likeness (QED) is 0.848. The van der Waals surface area contributed by atoms with E-state index in [-0.39, 0.29) is 11.5 Å². The highest BCUT2D eigenvalue weighted by atomic mass is 16.5. The van der Waals surface area contributed by atoms with Gasteiger partial charge in [-0.1, -0.05) is 12.1 Å². The molecule has 5 nitrogen and oxygen atoms in total. The van der Waals surface area contributed by atoms with Crippen LogP contribution in [0.5, 0.6) is 0 Å². The fourth-order valence-corrected chi connectivity index (χ4v) is 2.65. The third-order valence-electron chi connectivity index (χ3n) is 3.81. The van der Waals surface area contributed by atoms with Gasteiger partial charge in [-0.3, -0.25) is 4.79 Å². The van der Waals surface area contributed by atoms with E-state index >= 15 is 0 Å². The highest BCUT2D eigenvalue weighted by Crippen LogP contribution is 2.17. The van der Waals surface area contributed by atoms with Gasteiger partial charge in [0.25, 0.3) is 0 Å². The first kappa shape index (κ1) is 16.2. The van der Waals surface area contributed by atoms with Gasteiger partial charge < -0.3 is 14.7 Å². The molecular weight excluding hydrogens is 282 g/mol. The molecular formula is C17H21NO4. The minimum Gasteiger partial charge on any atom is -0.478 e. The second-order valence-electron chi connectivity index (χ2n) is 5.51. The van der Waals surface area contributed by atoms with Crippen LogP contribution in [0.25, 0.3) is 6.08 Å². The summed E-state index contributed by atoms with van der Waals surface area (Å²) < 4.78 is 5.17. The predicted molar refractivity (Wildman–Crippen MR) is 83.6 cm³/mol. The molecule has 22 heavy (non-hydrogen) atoms. The largest absolute Gasteiger partial charge is 0.478 e. The van der Waals surface area contributed by atoms with Crippen LogP contribution in [0.4, 0.5) is 0 Å². The van der Waals surface area contributed by atoms with Gasteiger partial charge in [-0.25, -0.2) is 4.79 Å². The summed E-state index contributed by atoms with van der Waals surface area (Å²) in [6.07, 6.45) is 5.36. The van der Waals surface area contributed by atoms with Gasteiger partial charge in [0.05, 0.1) is 12.2 Å². The Balaban J connectivity index is 1.94. The van der Waals surface area contributed by atoms with Gasteiger partial charge in [-0.2, -0.15) is 0 Å². The monoisotopic (exact) mass is 303 g/mol. The van der Waals surface area contributed by atoms with Crippen molar-refractivity contribution in [3.63, 3.8) is 0 Å². The minimum absolute atomic E-state index is 0.0110. The van der Waals surface area contributed by atoms with Crippen LogP contribution in [-0.2, 0) is 9.53 Å². The number of carboxylic acids is 1. The topological polar surface area (TPSA) is 66.8 Å². The maximum absolute atomic E-state index is 12.2. The van der Waals surface area contributed by atoms with E-state index in [2.05, 4.69) is 0 Å². The zero-order chi connectivity index (χ0) is 15.9. The number of carboxylic acid groups (broad SMARTS) is 1. The van der Waals surface area contributed by atoms with Crippen molar-refractivity contribution in [1.29, 1.82) is 0 Å². The molecule has 1 saturated heterocycles. The molecule has 1 fully saturated rings. The maximum Gasteiger partial charge on any atom is 0.335 e. The van der Waals surface area contributed by atoms with Crippen molar-refractivity contribution in [2.45, 2.75) is 12.8 Å². The lowest BCUT2D eigenvalue weighted by Crippen LogP contribution is -2.40. The fraction of sp³-hybridized carbons (Fsp3) is 0.412. The first-order chi connectivity index (χ1) is 10.6. The van der Waals surface area contributed by atoms with Gasteiger partial charge >= 0.3 is 5.97 Å². The van der Waals surface area contributed by atoms with E-state index in [0.29, 0.717) is 12.5 Å². The lowest BCUT2D eigenvalue weighted by Gasteiger charge is -2.31. The molecule has 1 aromatic carbocycles.